The van der Waals surface area contributed by atoms with Crippen molar-refractivity contribution in [2.45, 2.75) is 19.9 Å². The Kier molecular flexibility index (Phi) is 5.58. The third-order valence-corrected chi connectivity index (χ3v) is 2.25. The number of ether oxygens (including phenoxy) is 2. The van der Waals surface area contributed by atoms with Crippen LogP contribution in [0.25, 0.3) is 0 Å². The maximum atomic E-state index is 11.4. The fourth-order valence-corrected chi connectivity index (χ4v) is 1.45. The highest BCUT2D eigenvalue weighted by Crippen LogP contribution is 2.07. The molecule has 0 aliphatic heterocycles. The predicted octanol–water partition coefficient (Wildman–Crippen LogP) is -0.398. The third kappa shape index (κ3) is 3.50. The van der Waals surface area contributed by atoms with E-state index in [-0.39, 0.29) is 5.69 Å². The minimum atomic E-state index is -0.490. The van der Waals surface area contributed by atoms with Gasteiger partial charge >= 0.3 is 5.97 Å². The van der Waals surface area contributed by atoms with Crippen LogP contribution in [0.3, 0.4) is 0 Å². The molecule has 96 valence electrons. The molecule has 2 N–H and O–H groups in total. The Labute approximate surface area is 99.9 Å². The Morgan fingerprint density at radius 3 is 2.88 bits per heavy atom. The zero-order valence-corrected chi connectivity index (χ0v) is 10.2. The van der Waals surface area contributed by atoms with Gasteiger partial charge in [-0.25, -0.2) is 9.48 Å². The molecule has 0 aromatic carbocycles. The largest absolute Gasteiger partial charge is 0.464 e. The molecule has 7 nitrogen and oxygen atoms in total. The molecule has 0 aliphatic rings. The molecule has 1 rings (SSSR count). The molecular formula is C10H18N4O3. The van der Waals surface area contributed by atoms with Gasteiger partial charge in [-0.1, -0.05) is 5.21 Å². The molecule has 1 aromatic heterocycles. The van der Waals surface area contributed by atoms with Gasteiger partial charge in [-0.05, 0) is 13.5 Å². The van der Waals surface area contributed by atoms with Crippen molar-refractivity contribution in [1.29, 1.82) is 0 Å². The van der Waals surface area contributed by atoms with Crippen molar-refractivity contribution in [3.8, 4) is 0 Å². The first kappa shape index (κ1) is 13.6. The van der Waals surface area contributed by atoms with E-state index >= 15 is 0 Å². The molecule has 0 unspecified atom stereocenters. The van der Waals surface area contributed by atoms with Crippen LogP contribution in [0.2, 0.25) is 0 Å². The number of hydrogen-bond acceptors (Lipinski definition) is 6. The molecule has 0 saturated carbocycles. The Hall–Kier alpha value is -1.47. The van der Waals surface area contributed by atoms with Crippen molar-refractivity contribution in [2.24, 2.45) is 5.73 Å². The second kappa shape index (κ2) is 6.97. The number of nitrogens with zero attached hydrogens (tertiary/aromatic N) is 3. The Bertz CT molecular complexity index is 364. The van der Waals surface area contributed by atoms with Gasteiger partial charge in [0, 0.05) is 13.0 Å². The number of aromatic nitrogens is 3. The van der Waals surface area contributed by atoms with Crippen molar-refractivity contribution >= 4 is 5.97 Å². The lowest BCUT2D eigenvalue weighted by molar-refractivity contribution is 0.0592. The van der Waals surface area contributed by atoms with E-state index in [0.29, 0.717) is 38.4 Å². The Balaban J connectivity index is 2.82. The molecule has 1 aromatic rings. The number of rotatable bonds is 7. The van der Waals surface area contributed by atoms with E-state index in [1.165, 1.54) is 7.11 Å². The van der Waals surface area contributed by atoms with Crippen molar-refractivity contribution in [3.63, 3.8) is 0 Å². The summed E-state index contributed by atoms with van der Waals surface area (Å²) in [5, 5.41) is 7.72. The summed E-state index contributed by atoms with van der Waals surface area (Å²) < 4.78 is 11.5. The Morgan fingerprint density at radius 2 is 2.29 bits per heavy atom. The molecule has 7 heteroatoms. The number of carbonyl (C=O) groups is 1. The number of esters is 1. The number of carbonyl (C=O) groups excluding carboxylic acids is 1. The standard InChI is InChI=1S/C10H18N4O3/c1-3-17-7-6-14-8(4-5-11)9(12-13-14)10(15)16-2/h3-7,11H2,1-2H3. The lowest BCUT2D eigenvalue weighted by atomic mass is 10.2. The number of methoxy groups -OCH3 is 1. The van der Waals surface area contributed by atoms with Crippen LogP contribution >= 0.6 is 0 Å². The van der Waals surface area contributed by atoms with E-state index in [1.54, 1.807) is 4.68 Å². The van der Waals surface area contributed by atoms with Gasteiger partial charge in [-0.3, -0.25) is 0 Å². The second-order valence-corrected chi connectivity index (χ2v) is 3.34. The zero-order chi connectivity index (χ0) is 12.7. The maximum Gasteiger partial charge on any atom is 0.360 e. The first-order chi connectivity index (χ1) is 8.24. The van der Waals surface area contributed by atoms with Gasteiger partial charge in [-0.2, -0.15) is 0 Å². The summed E-state index contributed by atoms with van der Waals surface area (Å²) in [5.41, 5.74) is 6.43. The third-order valence-electron chi connectivity index (χ3n) is 2.25. The van der Waals surface area contributed by atoms with Gasteiger partial charge in [0.1, 0.15) is 0 Å². The van der Waals surface area contributed by atoms with Gasteiger partial charge in [0.25, 0.3) is 0 Å². The first-order valence-corrected chi connectivity index (χ1v) is 5.53. The van der Waals surface area contributed by atoms with Gasteiger partial charge < -0.3 is 15.2 Å². The highest BCUT2D eigenvalue weighted by atomic mass is 16.5. The monoisotopic (exact) mass is 242 g/mol. The highest BCUT2D eigenvalue weighted by Gasteiger charge is 2.19. The second-order valence-electron chi connectivity index (χ2n) is 3.34. The minimum Gasteiger partial charge on any atom is -0.464 e. The molecule has 17 heavy (non-hydrogen) atoms. The summed E-state index contributed by atoms with van der Waals surface area (Å²) in [5.74, 6) is -0.490. The molecule has 0 radical (unpaired) electrons. The van der Waals surface area contributed by atoms with Crippen molar-refractivity contribution < 1.29 is 14.3 Å². The van der Waals surface area contributed by atoms with Crippen LogP contribution in [0.1, 0.15) is 23.1 Å². The fraction of sp³-hybridized carbons (Fsp3) is 0.700. The maximum absolute atomic E-state index is 11.4. The fourth-order valence-electron chi connectivity index (χ4n) is 1.45. The summed E-state index contributed by atoms with van der Waals surface area (Å²) >= 11 is 0. The van der Waals surface area contributed by atoms with Crippen LogP contribution in [0.5, 0.6) is 0 Å². The molecular weight excluding hydrogens is 224 g/mol. The average molecular weight is 242 g/mol. The zero-order valence-electron chi connectivity index (χ0n) is 10.2. The van der Waals surface area contributed by atoms with Crippen molar-refractivity contribution in [2.75, 3.05) is 26.9 Å². The number of nitrogens with two attached hydrogens (primary N) is 1. The number of hydrogen-bond donors (Lipinski definition) is 1. The van der Waals surface area contributed by atoms with Crippen LogP contribution in [0, 0.1) is 0 Å². The summed E-state index contributed by atoms with van der Waals surface area (Å²) in [6, 6.07) is 0. The molecule has 0 amide bonds. The normalized spacial score (nSPS) is 10.5. The summed E-state index contributed by atoms with van der Waals surface area (Å²) in [6.07, 6.45) is 0.531. The van der Waals surface area contributed by atoms with Gasteiger partial charge in [0.15, 0.2) is 5.69 Å². The van der Waals surface area contributed by atoms with E-state index < -0.39 is 5.97 Å². The SMILES string of the molecule is CCOCCn1nnc(C(=O)OC)c1CCN. The smallest absolute Gasteiger partial charge is 0.360 e. The van der Waals surface area contributed by atoms with Gasteiger partial charge in [0.05, 0.1) is 26.0 Å². The van der Waals surface area contributed by atoms with Crippen LogP contribution in [0.15, 0.2) is 0 Å². The van der Waals surface area contributed by atoms with Crippen molar-refractivity contribution in [3.05, 3.63) is 11.4 Å². The van der Waals surface area contributed by atoms with Crippen LogP contribution in [-0.4, -0.2) is 47.8 Å². The molecule has 0 bridgehead atoms. The predicted molar refractivity (Wildman–Crippen MR) is 60.6 cm³/mol. The van der Waals surface area contributed by atoms with E-state index in [4.69, 9.17) is 10.5 Å². The van der Waals surface area contributed by atoms with Crippen LogP contribution in [-0.2, 0) is 22.4 Å². The molecule has 0 aliphatic carbocycles. The van der Waals surface area contributed by atoms with Crippen LogP contribution in [0.4, 0.5) is 0 Å². The molecule has 0 atom stereocenters. The lowest BCUT2D eigenvalue weighted by Crippen LogP contribution is -2.16. The summed E-state index contributed by atoms with van der Waals surface area (Å²) in [7, 11) is 1.31. The van der Waals surface area contributed by atoms with Crippen molar-refractivity contribution in [1.82, 2.24) is 15.0 Å². The van der Waals surface area contributed by atoms with E-state index in [1.807, 2.05) is 6.92 Å². The topological polar surface area (TPSA) is 92.3 Å². The van der Waals surface area contributed by atoms with E-state index in [9.17, 15) is 4.79 Å². The lowest BCUT2D eigenvalue weighted by Gasteiger charge is -2.06. The van der Waals surface area contributed by atoms with E-state index in [2.05, 4.69) is 15.0 Å². The van der Waals surface area contributed by atoms with Gasteiger partial charge in [0.2, 0.25) is 0 Å². The quantitative estimate of drug-likeness (QED) is 0.516. The first-order valence-electron chi connectivity index (χ1n) is 5.53. The summed E-state index contributed by atoms with van der Waals surface area (Å²) in [6.45, 7) is 4.06. The molecule has 0 fully saturated rings. The molecule has 1 heterocycles. The molecule has 0 saturated heterocycles. The Morgan fingerprint density at radius 1 is 1.53 bits per heavy atom. The molecule has 0 spiro atoms. The minimum absolute atomic E-state index is 0.231. The summed E-state index contributed by atoms with van der Waals surface area (Å²) in [4.78, 5) is 11.4. The highest BCUT2D eigenvalue weighted by molar-refractivity contribution is 5.88. The average Bonchev–Trinajstić information content (AvgIpc) is 2.73. The van der Waals surface area contributed by atoms with Crippen LogP contribution < -0.4 is 5.73 Å². The van der Waals surface area contributed by atoms with E-state index in [0.717, 1.165) is 0 Å². The van der Waals surface area contributed by atoms with Gasteiger partial charge in [-0.15, -0.1) is 5.10 Å².